The Bertz CT molecular complexity index is 215. The first-order chi connectivity index (χ1) is 5.98. The van der Waals surface area contributed by atoms with E-state index in [1.807, 2.05) is 13.8 Å². The van der Waals surface area contributed by atoms with Gasteiger partial charge in [-0.15, -0.1) is 5.92 Å². The van der Waals surface area contributed by atoms with Crippen molar-refractivity contribution in [1.82, 2.24) is 0 Å². The summed E-state index contributed by atoms with van der Waals surface area (Å²) in [5, 5.41) is 0. The van der Waals surface area contributed by atoms with Crippen molar-refractivity contribution in [3.8, 4) is 11.8 Å². The molecule has 0 heterocycles. The molecule has 0 aromatic carbocycles. The molecule has 1 nitrogen and oxygen atoms in total. The van der Waals surface area contributed by atoms with Crippen LogP contribution in [0.5, 0.6) is 0 Å². The van der Waals surface area contributed by atoms with Gasteiger partial charge in [0.25, 0.3) is 0 Å². The Kier molecular flexibility index (Phi) is 5.46. The van der Waals surface area contributed by atoms with Crippen molar-refractivity contribution in [2.24, 2.45) is 5.41 Å². The van der Waals surface area contributed by atoms with E-state index >= 15 is 0 Å². The molecule has 74 valence electrons. The number of Topliss-reactive ketones (excluding diaryl/α,β-unsaturated/α-hetero) is 1. The fourth-order valence-corrected chi connectivity index (χ4v) is 1.23. The van der Waals surface area contributed by atoms with Crippen molar-refractivity contribution in [3.05, 3.63) is 0 Å². The van der Waals surface area contributed by atoms with E-state index in [1.165, 1.54) is 6.42 Å². The molecule has 0 spiro atoms. The third kappa shape index (κ3) is 7.59. The number of ketones is 1. The molecule has 0 rings (SSSR count). The molecule has 0 aromatic rings. The van der Waals surface area contributed by atoms with Gasteiger partial charge in [0.15, 0.2) is 0 Å². The molecule has 0 aliphatic carbocycles. The molecule has 0 radical (unpaired) electrons. The lowest BCUT2D eigenvalue weighted by atomic mass is 9.88. The Morgan fingerprint density at radius 2 is 2.00 bits per heavy atom. The molecule has 0 aliphatic rings. The molecule has 0 N–H and O–H groups in total. The molecule has 0 saturated carbocycles. The van der Waals surface area contributed by atoms with Crippen molar-refractivity contribution in [2.75, 3.05) is 0 Å². The van der Waals surface area contributed by atoms with Crippen LogP contribution in [-0.2, 0) is 4.79 Å². The van der Waals surface area contributed by atoms with Gasteiger partial charge in [0.2, 0.25) is 0 Å². The van der Waals surface area contributed by atoms with Gasteiger partial charge in [-0.1, -0.05) is 19.3 Å². The summed E-state index contributed by atoms with van der Waals surface area (Å²) in [5.41, 5.74) is -0.139. The second-order valence-electron chi connectivity index (χ2n) is 4.17. The second kappa shape index (κ2) is 5.80. The number of hydrogen-bond acceptors (Lipinski definition) is 1. The van der Waals surface area contributed by atoms with Crippen molar-refractivity contribution in [2.45, 2.75) is 53.4 Å². The van der Waals surface area contributed by atoms with Crippen LogP contribution < -0.4 is 0 Å². The van der Waals surface area contributed by atoms with Gasteiger partial charge in [0.1, 0.15) is 5.78 Å². The van der Waals surface area contributed by atoms with Crippen LogP contribution in [0.3, 0.4) is 0 Å². The first-order valence-electron chi connectivity index (χ1n) is 4.97. The van der Waals surface area contributed by atoms with Gasteiger partial charge in [-0.05, 0) is 27.2 Å². The summed E-state index contributed by atoms with van der Waals surface area (Å²) in [6.07, 6.45) is 3.86. The lowest BCUT2D eigenvalue weighted by molar-refractivity contribution is -0.118. The van der Waals surface area contributed by atoms with Crippen LogP contribution >= 0.6 is 0 Å². The predicted molar refractivity (Wildman–Crippen MR) is 56.4 cm³/mol. The van der Waals surface area contributed by atoms with E-state index in [0.717, 1.165) is 12.8 Å². The minimum absolute atomic E-state index is 0.139. The topological polar surface area (TPSA) is 17.1 Å². The summed E-state index contributed by atoms with van der Waals surface area (Å²) < 4.78 is 0. The quantitative estimate of drug-likeness (QED) is 0.479. The minimum atomic E-state index is -0.139. The Morgan fingerprint density at radius 3 is 2.46 bits per heavy atom. The number of carbonyl (C=O) groups excluding carboxylic acids is 1. The Morgan fingerprint density at radius 1 is 1.38 bits per heavy atom. The van der Waals surface area contributed by atoms with Gasteiger partial charge in [0.05, 0.1) is 0 Å². The average molecular weight is 180 g/mol. The highest BCUT2D eigenvalue weighted by atomic mass is 16.1. The van der Waals surface area contributed by atoms with Crippen LogP contribution in [0.2, 0.25) is 0 Å². The van der Waals surface area contributed by atoms with Crippen molar-refractivity contribution in [3.63, 3.8) is 0 Å². The summed E-state index contributed by atoms with van der Waals surface area (Å²) in [5.74, 6) is 6.50. The molecule has 0 fully saturated rings. The first kappa shape index (κ1) is 12.2. The zero-order valence-corrected chi connectivity index (χ0v) is 9.24. The van der Waals surface area contributed by atoms with E-state index < -0.39 is 0 Å². The third-order valence-corrected chi connectivity index (χ3v) is 1.77. The summed E-state index contributed by atoms with van der Waals surface area (Å²) >= 11 is 0. The monoisotopic (exact) mass is 180 g/mol. The minimum Gasteiger partial charge on any atom is -0.300 e. The van der Waals surface area contributed by atoms with Crippen molar-refractivity contribution >= 4 is 5.78 Å². The number of unbranched alkanes of at least 4 members (excludes halogenated alkanes) is 2. The van der Waals surface area contributed by atoms with Gasteiger partial charge < -0.3 is 0 Å². The molecule has 0 unspecified atom stereocenters. The molecule has 0 atom stereocenters. The van der Waals surface area contributed by atoms with Gasteiger partial charge >= 0.3 is 0 Å². The molecule has 0 saturated heterocycles. The maximum atomic E-state index is 10.9. The SMILES string of the molecule is CCCCC#CC(C)(C)CC(C)=O. The zero-order valence-electron chi connectivity index (χ0n) is 9.24. The molecular formula is C12H20O. The molecule has 13 heavy (non-hydrogen) atoms. The van der Waals surface area contributed by atoms with Gasteiger partial charge in [-0.3, -0.25) is 4.79 Å². The molecule has 1 heteroatoms. The molecule has 0 aliphatic heterocycles. The first-order valence-corrected chi connectivity index (χ1v) is 4.97. The molecule has 0 bridgehead atoms. The number of rotatable bonds is 4. The second-order valence-corrected chi connectivity index (χ2v) is 4.17. The Labute approximate surface area is 81.9 Å². The van der Waals surface area contributed by atoms with E-state index in [0.29, 0.717) is 6.42 Å². The van der Waals surface area contributed by atoms with Gasteiger partial charge in [-0.25, -0.2) is 0 Å². The van der Waals surface area contributed by atoms with Gasteiger partial charge in [-0.2, -0.15) is 0 Å². The number of carbonyl (C=O) groups is 1. The average Bonchev–Trinajstić information content (AvgIpc) is 1.95. The summed E-state index contributed by atoms with van der Waals surface area (Å²) in [4.78, 5) is 10.9. The summed E-state index contributed by atoms with van der Waals surface area (Å²) in [7, 11) is 0. The highest BCUT2D eigenvalue weighted by molar-refractivity contribution is 5.76. The zero-order chi connectivity index (χ0) is 10.3. The standard InChI is InChI=1S/C12H20O/c1-5-6-7-8-9-12(3,4)10-11(2)13/h5-7,10H2,1-4H3. The fourth-order valence-electron chi connectivity index (χ4n) is 1.23. The summed E-state index contributed by atoms with van der Waals surface area (Å²) in [6.45, 7) is 7.82. The molecule has 0 aromatic heterocycles. The molecule has 0 amide bonds. The van der Waals surface area contributed by atoms with Crippen LogP contribution in [0.4, 0.5) is 0 Å². The highest BCUT2D eigenvalue weighted by Gasteiger charge is 2.16. The van der Waals surface area contributed by atoms with Crippen molar-refractivity contribution in [1.29, 1.82) is 0 Å². The smallest absolute Gasteiger partial charge is 0.131 e. The van der Waals surface area contributed by atoms with Crippen LogP contribution in [0.1, 0.15) is 53.4 Å². The van der Waals surface area contributed by atoms with Crippen LogP contribution in [-0.4, -0.2) is 5.78 Å². The van der Waals surface area contributed by atoms with Gasteiger partial charge in [0, 0.05) is 18.3 Å². The van der Waals surface area contributed by atoms with E-state index in [9.17, 15) is 4.79 Å². The van der Waals surface area contributed by atoms with E-state index in [4.69, 9.17) is 0 Å². The summed E-state index contributed by atoms with van der Waals surface area (Å²) in [6, 6.07) is 0. The van der Waals surface area contributed by atoms with Crippen LogP contribution in [0, 0.1) is 17.3 Å². The van der Waals surface area contributed by atoms with Crippen molar-refractivity contribution < 1.29 is 4.79 Å². The normalized spacial score (nSPS) is 10.5. The third-order valence-electron chi connectivity index (χ3n) is 1.77. The van der Waals surface area contributed by atoms with Crippen LogP contribution in [0.15, 0.2) is 0 Å². The van der Waals surface area contributed by atoms with E-state index in [2.05, 4.69) is 18.8 Å². The molecular weight excluding hydrogens is 160 g/mol. The highest BCUT2D eigenvalue weighted by Crippen LogP contribution is 2.18. The van der Waals surface area contributed by atoms with E-state index in [-0.39, 0.29) is 11.2 Å². The lowest BCUT2D eigenvalue weighted by Gasteiger charge is -2.14. The number of hydrogen-bond donors (Lipinski definition) is 0. The fraction of sp³-hybridized carbons (Fsp3) is 0.750. The van der Waals surface area contributed by atoms with Crippen LogP contribution in [0.25, 0.3) is 0 Å². The largest absolute Gasteiger partial charge is 0.300 e. The maximum Gasteiger partial charge on any atom is 0.131 e. The maximum absolute atomic E-state index is 10.9. The van der Waals surface area contributed by atoms with E-state index in [1.54, 1.807) is 6.92 Å². The Hall–Kier alpha value is -0.770. The predicted octanol–water partition coefficient (Wildman–Crippen LogP) is 3.19. The Balaban J connectivity index is 3.96. The lowest BCUT2D eigenvalue weighted by Crippen LogP contribution is -2.12.